The molecule has 1 saturated heterocycles. The lowest BCUT2D eigenvalue weighted by molar-refractivity contribution is -0.144. The summed E-state index contributed by atoms with van der Waals surface area (Å²) in [6, 6.07) is 13.3. The van der Waals surface area contributed by atoms with Crippen LogP contribution in [0.5, 0.6) is 0 Å². The van der Waals surface area contributed by atoms with Crippen molar-refractivity contribution in [1.29, 1.82) is 0 Å². The molecule has 3 rings (SSSR count). The van der Waals surface area contributed by atoms with Gasteiger partial charge in [-0.05, 0) is 12.1 Å². The van der Waals surface area contributed by atoms with E-state index < -0.39 is 0 Å². The van der Waals surface area contributed by atoms with Gasteiger partial charge in [0.1, 0.15) is 0 Å². The number of carbonyl (C=O) groups excluding carboxylic acids is 1. The molecule has 1 aliphatic rings. The van der Waals surface area contributed by atoms with Gasteiger partial charge in [0.15, 0.2) is 17.2 Å². The molecule has 0 radical (unpaired) electrons. The van der Waals surface area contributed by atoms with E-state index in [4.69, 9.17) is 16.3 Å². The fourth-order valence-electron chi connectivity index (χ4n) is 2.71. The van der Waals surface area contributed by atoms with Gasteiger partial charge in [-0.1, -0.05) is 41.9 Å². The molecule has 0 saturated carbocycles. The molecule has 23 heavy (non-hydrogen) atoms. The van der Waals surface area contributed by atoms with E-state index in [1.165, 1.54) is 0 Å². The van der Waals surface area contributed by atoms with Crippen LogP contribution in [0.15, 0.2) is 42.5 Å². The molecular weight excluding hydrogens is 316 g/mol. The standard InChI is InChI=1S/C16H17ClN4O2/c17-14-6-7-15(19-18-14)20-8-10-21(11-9-20)16(23-12-22)13-4-2-1-3-5-13/h1-7,12,16H,8-11H2. The van der Waals surface area contributed by atoms with Crippen molar-refractivity contribution in [2.45, 2.75) is 6.23 Å². The number of aromatic nitrogens is 2. The zero-order valence-electron chi connectivity index (χ0n) is 12.5. The van der Waals surface area contributed by atoms with E-state index >= 15 is 0 Å². The van der Waals surface area contributed by atoms with Gasteiger partial charge in [0.25, 0.3) is 6.47 Å². The van der Waals surface area contributed by atoms with Crippen LogP contribution in [-0.2, 0) is 9.53 Å². The average molecular weight is 333 g/mol. The number of nitrogens with zero attached hydrogens (tertiary/aromatic N) is 4. The molecule has 1 unspecified atom stereocenters. The highest BCUT2D eigenvalue weighted by Gasteiger charge is 2.26. The normalized spacial score (nSPS) is 16.8. The first kappa shape index (κ1) is 15.7. The molecule has 0 bridgehead atoms. The van der Waals surface area contributed by atoms with E-state index in [9.17, 15) is 4.79 Å². The van der Waals surface area contributed by atoms with E-state index in [-0.39, 0.29) is 6.23 Å². The zero-order valence-corrected chi connectivity index (χ0v) is 13.3. The molecule has 2 heterocycles. The Bertz CT molecular complexity index is 630. The number of benzene rings is 1. The quantitative estimate of drug-likeness (QED) is 0.782. The van der Waals surface area contributed by atoms with E-state index in [1.807, 2.05) is 36.4 Å². The Labute approximate surface area is 139 Å². The lowest BCUT2D eigenvalue weighted by atomic mass is 10.1. The zero-order chi connectivity index (χ0) is 16.1. The molecule has 0 N–H and O–H groups in total. The molecule has 1 aromatic carbocycles. The monoisotopic (exact) mass is 332 g/mol. The van der Waals surface area contributed by atoms with Gasteiger partial charge in [0.2, 0.25) is 0 Å². The van der Waals surface area contributed by atoms with Gasteiger partial charge in [-0.25, -0.2) is 0 Å². The molecule has 2 aromatic rings. The summed E-state index contributed by atoms with van der Waals surface area (Å²) in [6.45, 7) is 3.59. The van der Waals surface area contributed by atoms with Gasteiger partial charge in [-0.15, -0.1) is 10.2 Å². The van der Waals surface area contributed by atoms with Gasteiger partial charge in [-0.3, -0.25) is 9.69 Å². The van der Waals surface area contributed by atoms with Crippen LogP contribution in [0.4, 0.5) is 5.82 Å². The van der Waals surface area contributed by atoms with Crippen molar-refractivity contribution in [3.8, 4) is 0 Å². The molecule has 1 aliphatic heterocycles. The summed E-state index contributed by atoms with van der Waals surface area (Å²) in [5.41, 5.74) is 0.972. The van der Waals surface area contributed by atoms with Crippen LogP contribution in [-0.4, -0.2) is 47.7 Å². The third kappa shape index (κ3) is 3.78. The van der Waals surface area contributed by atoms with Gasteiger partial charge in [-0.2, -0.15) is 0 Å². The first-order valence-corrected chi connectivity index (χ1v) is 7.78. The van der Waals surface area contributed by atoms with Crippen LogP contribution in [0.25, 0.3) is 0 Å². The van der Waals surface area contributed by atoms with Crippen molar-refractivity contribution in [3.05, 3.63) is 53.2 Å². The summed E-state index contributed by atoms with van der Waals surface area (Å²) in [7, 11) is 0. The Balaban J connectivity index is 1.67. The highest BCUT2D eigenvalue weighted by Crippen LogP contribution is 2.24. The SMILES string of the molecule is O=COC(c1ccccc1)N1CCN(c2ccc(Cl)nn2)CC1. The molecule has 7 heteroatoms. The van der Waals surface area contributed by atoms with Gasteiger partial charge < -0.3 is 9.64 Å². The number of hydrogen-bond acceptors (Lipinski definition) is 6. The summed E-state index contributed by atoms with van der Waals surface area (Å²) >= 11 is 5.77. The fraction of sp³-hybridized carbons (Fsp3) is 0.312. The first-order valence-electron chi connectivity index (χ1n) is 7.40. The smallest absolute Gasteiger partial charge is 0.294 e. The van der Waals surface area contributed by atoms with E-state index in [0.29, 0.717) is 11.6 Å². The minimum Gasteiger partial charge on any atom is -0.444 e. The van der Waals surface area contributed by atoms with Crippen LogP contribution in [0.1, 0.15) is 11.8 Å². The number of ether oxygens (including phenoxy) is 1. The first-order chi connectivity index (χ1) is 11.3. The summed E-state index contributed by atoms with van der Waals surface area (Å²) < 4.78 is 5.31. The number of hydrogen-bond donors (Lipinski definition) is 0. The van der Waals surface area contributed by atoms with Crippen molar-refractivity contribution in [1.82, 2.24) is 15.1 Å². The average Bonchev–Trinajstić information content (AvgIpc) is 2.61. The predicted molar refractivity (Wildman–Crippen MR) is 87.2 cm³/mol. The molecule has 1 fully saturated rings. The maximum absolute atomic E-state index is 10.9. The molecular formula is C16H17ClN4O2. The lowest BCUT2D eigenvalue weighted by Gasteiger charge is -2.38. The predicted octanol–water partition coefficient (Wildman–Crippen LogP) is 2.12. The van der Waals surface area contributed by atoms with Crippen LogP contribution in [0, 0.1) is 0 Å². The fourth-order valence-corrected chi connectivity index (χ4v) is 2.81. The topological polar surface area (TPSA) is 58.6 Å². The van der Waals surface area contributed by atoms with Gasteiger partial charge in [0, 0.05) is 31.7 Å². The third-order valence-corrected chi connectivity index (χ3v) is 4.06. The van der Waals surface area contributed by atoms with Crippen LogP contribution < -0.4 is 4.90 Å². The molecule has 1 atom stereocenters. The maximum Gasteiger partial charge on any atom is 0.294 e. The largest absolute Gasteiger partial charge is 0.444 e. The highest BCUT2D eigenvalue weighted by atomic mass is 35.5. The molecule has 0 aliphatic carbocycles. The number of anilines is 1. The van der Waals surface area contributed by atoms with E-state index in [0.717, 1.165) is 37.6 Å². The number of rotatable bonds is 5. The van der Waals surface area contributed by atoms with Gasteiger partial charge in [0.05, 0.1) is 0 Å². The number of carbonyl (C=O) groups is 1. The van der Waals surface area contributed by atoms with Crippen molar-refractivity contribution < 1.29 is 9.53 Å². The van der Waals surface area contributed by atoms with Crippen molar-refractivity contribution >= 4 is 23.9 Å². The van der Waals surface area contributed by atoms with Crippen molar-refractivity contribution in [3.63, 3.8) is 0 Å². The van der Waals surface area contributed by atoms with E-state index in [2.05, 4.69) is 20.0 Å². The van der Waals surface area contributed by atoms with Crippen LogP contribution in [0.2, 0.25) is 5.15 Å². The van der Waals surface area contributed by atoms with Crippen LogP contribution in [0.3, 0.4) is 0 Å². The number of halogens is 1. The second-order valence-corrected chi connectivity index (χ2v) is 5.62. The summed E-state index contributed by atoms with van der Waals surface area (Å²) in [6.07, 6.45) is -0.354. The maximum atomic E-state index is 10.9. The number of piperazine rings is 1. The third-order valence-electron chi connectivity index (χ3n) is 3.86. The minimum atomic E-state index is -0.354. The summed E-state index contributed by atoms with van der Waals surface area (Å²) in [5.74, 6) is 0.807. The van der Waals surface area contributed by atoms with Gasteiger partial charge >= 0.3 is 0 Å². The Morgan fingerprint density at radius 2 is 1.78 bits per heavy atom. The second-order valence-electron chi connectivity index (χ2n) is 5.23. The lowest BCUT2D eigenvalue weighted by Crippen LogP contribution is -2.48. The Hall–Kier alpha value is -2.18. The molecule has 6 nitrogen and oxygen atoms in total. The minimum absolute atomic E-state index is 0.354. The Morgan fingerprint density at radius 1 is 1.04 bits per heavy atom. The van der Waals surface area contributed by atoms with Crippen LogP contribution >= 0.6 is 11.6 Å². The van der Waals surface area contributed by atoms with Crippen molar-refractivity contribution in [2.24, 2.45) is 0 Å². The molecule has 1 aromatic heterocycles. The Morgan fingerprint density at radius 3 is 2.39 bits per heavy atom. The molecule has 0 amide bonds. The second kappa shape index (κ2) is 7.39. The summed E-state index contributed by atoms with van der Waals surface area (Å²) in [4.78, 5) is 15.1. The van der Waals surface area contributed by atoms with E-state index in [1.54, 1.807) is 6.07 Å². The summed E-state index contributed by atoms with van der Waals surface area (Å²) in [5, 5.41) is 8.36. The highest BCUT2D eigenvalue weighted by molar-refractivity contribution is 6.29. The Kier molecular flexibility index (Phi) is 5.05. The van der Waals surface area contributed by atoms with Crippen molar-refractivity contribution in [2.75, 3.05) is 31.1 Å². The molecule has 120 valence electrons. The molecule has 0 spiro atoms.